The second-order valence-electron chi connectivity index (χ2n) is 9.31. The Balaban J connectivity index is 2.34. The van der Waals surface area contributed by atoms with Crippen molar-refractivity contribution >= 4 is 5.97 Å². The molecule has 0 aliphatic heterocycles. The lowest BCUT2D eigenvalue weighted by Gasteiger charge is -2.45. The van der Waals surface area contributed by atoms with Gasteiger partial charge in [-0.05, 0) is 43.4 Å². The molecular weight excluding hydrogens is 346 g/mol. The van der Waals surface area contributed by atoms with Gasteiger partial charge in [-0.1, -0.05) is 90.9 Å². The fourth-order valence-electron chi connectivity index (χ4n) is 5.81. The molecule has 0 aromatic carbocycles. The zero-order valence-corrected chi connectivity index (χ0v) is 18.5. The predicted octanol–water partition coefficient (Wildman–Crippen LogP) is 7.20. The number of hydrogen-bond acceptors (Lipinski definition) is 3. The number of nitrogens with zero attached hydrogens (tertiary/aromatic N) is 1. The topological polar surface area (TPSA) is 50.1 Å². The summed E-state index contributed by atoms with van der Waals surface area (Å²) in [4.78, 5) is 13.5. The molecule has 28 heavy (non-hydrogen) atoms. The van der Waals surface area contributed by atoms with Crippen molar-refractivity contribution in [3.63, 3.8) is 0 Å². The molecule has 0 amide bonds. The van der Waals surface area contributed by atoms with E-state index in [1.807, 2.05) is 0 Å². The molecular formula is C25H43NO2. The first-order valence-electron chi connectivity index (χ1n) is 12.3. The van der Waals surface area contributed by atoms with Crippen LogP contribution in [0.5, 0.6) is 0 Å². The smallest absolute Gasteiger partial charge is 0.327 e. The van der Waals surface area contributed by atoms with Crippen molar-refractivity contribution in [1.82, 2.24) is 0 Å². The summed E-state index contributed by atoms with van der Waals surface area (Å²) in [5, 5.41) is 10.6. The highest BCUT2D eigenvalue weighted by Gasteiger charge is 2.55. The lowest BCUT2D eigenvalue weighted by molar-refractivity contribution is -0.162. The van der Waals surface area contributed by atoms with E-state index in [1.54, 1.807) is 0 Å². The molecule has 0 bridgehead atoms. The number of carbonyl (C=O) groups is 1. The molecule has 0 aromatic heterocycles. The Kier molecular flexibility index (Phi) is 10.4. The minimum absolute atomic E-state index is 0.178. The van der Waals surface area contributed by atoms with Crippen LogP contribution in [0.15, 0.2) is 0 Å². The number of rotatable bonds is 11. The summed E-state index contributed by atoms with van der Waals surface area (Å²) in [6, 6.07) is 2.66. The van der Waals surface area contributed by atoms with Gasteiger partial charge >= 0.3 is 5.97 Å². The van der Waals surface area contributed by atoms with Crippen LogP contribution in [-0.2, 0) is 9.53 Å². The Morgan fingerprint density at radius 3 is 2.14 bits per heavy atom. The van der Waals surface area contributed by atoms with Crippen LogP contribution in [0, 0.1) is 34.5 Å². The maximum absolute atomic E-state index is 13.5. The summed E-state index contributed by atoms with van der Waals surface area (Å²) in [7, 11) is 0. The van der Waals surface area contributed by atoms with E-state index in [0.717, 1.165) is 51.4 Å². The van der Waals surface area contributed by atoms with E-state index < -0.39 is 5.41 Å². The third kappa shape index (κ3) is 5.74. The second kappa shape index (κ2) is 12.5. The first kappa shape index (κ1) is 23.2. The fraction of sp³-hybridized carbons (Fsp3) is 0.920. The number of carbonyl (C=O) groups excluding carboxylic acids is 1. The lowest BCUT2D eigenvalue weighted by atomic mass is 9.56. The van der Waals surface area contributed by atoms with Gasteiger partial charge in [0.05, 0.1) is 12.7 Å². The standard InChI is InChI=1S/C25H43NO2/c1-3-5-9-18-23(21-14-10-7-11-15-21)25(20-26,22-16-12-8-13-17-22)24(27)28-19-6-4-2/h21-23H,3-19H2,1-2H3. The van der Waals surface area contributed by atoms with E-state index in [0.29, 0.717) is 12.5 Å². The van der Waals surface area contributed by atoms with Gasteiger partial charge in [0.15, 0.2) is 5.41 Å². The molecule has 2 fully saturated rings. The van der Waals surface area contributed by atoms with Crippen molar-refractivity contribution in [2.45, 2.75) is 117 Å². The average Bonchev–Trinajstić information content (AvgIpc) is 2.75. The van der Waals surface area contributed by atoms with Gasteiger partial charge in [-0.25, -0.2) is 0 Å². The van der Waals surface area contributed by atoms with Crippen LogP contribution < -0.4 is 0 Å². The van der Waals surface area contributed by atoms with Gasteiger partial charge < -0.3 is 4.74 Å². The number of esters is 1. The van der Waals surface area contributed by atoms with E-state index in [2.05, 4.69) is 19.9 Å². The van der Waals surface area contributed by atoms with E-state index in [-0.39, 0.29) is 17.8 Å². The van der Waals surface area contributed by atoms with Crippen molar-refractivity contribution in [2.75, 3.05) is 6.61 Å². The monoisotopic (exact) mass is 389 g/mol. The first-order valence-corrected chi connectivity index (χ1v) is 12.3. The molecule has 3 heteroatoms. The SMILES string of the molecule is CCCCCC(C1CCCCC1)C(C#N)(C(=O)OCCCC)C1CCCCC1. The summed E-state index contributed by atoms with van der Waals surface area (Å²) >= 11 is 0. The predicted molar refractivity (Wildman–Crippen MR) is 115 cm³/mol. The van der Waals surface area contributed by atoms with Gasteiger partial charge in [-0.15, -0.1) is 0 Å². The molecule has 0 spiro atoms. The maximum Gasteiger partial charge on any atom is 0.327 e. The molecule has 0 heterocycles. The molecule has 3 nitrogen and oxygen atoms in total. The number of ether oxygens (including phenoxy) is 1. The highest BCUT2D eigenvalue weighted by Crippen LogP contribution is 2.51. The number of hydrogen-bond donors (Lipinski definition) is 0. The number of nitriles is 1. The Labute approximate surface area is 173 Å². The normalized spacial score (nSPS) is 22.2. The van der Waals surface area contributed by atoms with Gasteiger partial charge in [-0.2, -0.15) is 5.26 Å². The van der Waals surface area contributed by atoms with Crippen molar-refractivity contribution in [2.24, 2.45) is 23.2 Å². The Hall–Kier alpha value is -1.04. The van der Waals surface area contributed by atoms with E-state index >= 15 is 0 Å². The number of unbranched alkanes of at least 4 members (excludes halogenated alkanes) is 3. The molecule has 160 valence electrons. The van der Waals surface area contributed by atoms with Crippen LogP contribution in [0.1, 0.15) is 117 Å². The summed E-state index contributed by atoms with van der Waals surface area (Å²) in [6.45, 7) is 4.81. The van der Waals surface area contributed by atoms with Gasteiger partial charge in [0.1, 0.15) is 0 Å². The Morgan fingerprint density at radius 1 is 0.964 bits per heavy atom. The van der Waals surface area contributed by atoms with E-state index in [1.165, 1.54) is 51.4 Å². The molecule has 2 atom stereocenters. The maximum atomic E-state index is 13.5. The largest absolute Gasteiger partial charge is 0.464 e. The molecule has 0 N–H and O–H groups in total. The van der Waals surface area contributed by atoms with Crippen LogP contribution in [-0.4, -0.2) is 12.6 Å². The van der Waals surface area contributed by atoms with Crippen molar-refractivity contribution in [3.8, 4) is 6.07 Å². The highest BCUT2D eigenvalue weighted by atomic mass is 16.5. The molecule has 2 rings (SSSR count). The highest BCUT2D eigenvalue weighted by molar-refractivity contribution is 5.81. The fourth-order valence-corrected chi connectivity index (χ4v) is 5.81. The van der Waals surface area contributed by atoms with Crippen LogP contribution >= 0.6 is 0 Å². The molecule has 2 aliphatic rings. The third-order valence-corrected chi connectivity index (χ3v) is 7.43. The average molecular weight is 390 g/mol. The molecule has 2 unspecified atom stereocenters. The van der Waals surface area contributed by atoms with Crippen LogP contribution in [0.2, 0.25) is 0 Å². The zero-order chi connectivity index (χ0) is 20.2. The summed E-state index contributed by atoms with van der Waals surface area (Å²) in [5.41, 5.74) is -0.913. The van der Waals surface area contributed by atoms with Crippen molar-refractivity contribution in [3.05, 3.63) is 0 Å². The summed E-state index contributed by atoms with van der Waals surface area (Å²) < 4.78 is 5.81. The van der Waals surface area contributed by atoms with Crippen LogP contribution in [0.3, 0.4) is 0 Å². The molecule has 2 aliphatic carbocycles. The van der Waals surface area contributed by atoms with E-state index in [9.17, 15) is 10.1 Å². The van der Waals surface area contributed by atoms with Gasteiger partial charge in [0.2, 0.25) is 0 Å². The van der Waals surface area contributed by atoms with Gasteiger partial charge in [0.25, 0.3) is 0 Å². The molecule has 0 radical (unpaired) electrons. The lowest BCUT2D eigenvalue weighted by Crippen LogP contribution is -2.49. The van der Waals surface area contributed by atoms with Gasteiger partial charge in [-0.3, -0.25) is 4.79 Å². The van der Waals surface area contributed by atoms with Crippen LogP contribution in [0.4, 0.5) is 0 Å². The molecule has 2 saturated carbocycles. The second-order valence-corrected chi connectivity index (χ2v) is 9.31. The van der Waals surface area contributed by atoms with Crippen molar-refractivity contribution in [1.29, 1.82) is 5.26 Å². The molecule has 0 aromatic rings. The van der Waals surface area contributed by atoms with E-state index in [4.69, 9.17) is 4.74 Å². The first-order chi connectivity index (χ1) is 13.7. The quantitative estimate of drug-likeness (QED) is 0.277. The zero-order valence-electron chi connectivity index (χ0n) is 18.5. The van der Waals surface area contributed by atoms with Crippen molar-refractivity contribution < 1.29 is 9.53 Å². The minimum Gasteiger partial charge on any atom is -0.464 e. The Bertz CT molecular complexity index is 485. The molecule has 0 saturated heterocycles. The Morgan fingerprint density at radius 2 is 1.57 bits per heavy atom. The third-order valence-electron chi connectivity index (χ3n) is 7.43. The minimum atomic E-state index is -0.913. The van der Waals surface area contributed by atoms with Gasteiger partial charge in [0, 0.05) is 0 Å². The summed E-state index contributed by atoms with van der Waals surface area (Å²) in [6.07, 6.45) is 18.2. The van der Waals surface area contributed by atoms with Crippen LogP contribution in [0.25, 0.3) is 0 Å². The summed E-state index contributed by atoms with van der Waals surface area (Å²) in [5.74, 6) is 0.712.